The van der Waals surface area contributed by atoms with E-state index in [2.05, 4.69) is 6.58 Å². The maximum atomic E-state index is 12.7. The van der Waals surface area contributed by atoms with Gasteiger partial charge < -0.3 is 25.2 Å². The van der Waals surface area contributed by atoms with Gasteiger partial charge in [0.05, 0.1) is 23.5 Å². The van der Waals surface area contributed by atoms with Crippen LogP contribution in [0.2, 0.25) is 0 Å². The van der Waals surface area contributed by atoms with Crippen molar-refractivity contribution in [3.63, 3.8) is 0 Å². The highest BCUT2D eigenvalue weighted by atomic mass is 16.6. The van der Waals surface area contributed by atoms with Gasteiger partial charge in [-0.15, -0.1) is 0 Å². The number of hydrogen-bond acceptors (Lipinski definition) is 6. The van der Waals surface area contributed by atoms with Gasteiger partial charge in [-0.2, -0.15) is 0 Å². The van der Waals surface area contributed by atoms with Gasteiger partial charge in [-0.25, -0.2) is 0 Å². The first-order chi connectivity index (χ1) is 12.0. The van der Waals surface area contributed by atoms with Crippen LogP contribution in [0, 0.1) is 28.6 Å². The fraction of sp³-hybridized carbons (Fsp3) is 0.789. The second-order valence-electron chi connectivity index (χ2n) is 9.39. The molecule has 142 valence electrons. The molecule has 4 bridgehead atoms. The van der Waals surface area contributed by atoms with Crippen LogP contribution >= 0.6 is 0 Å². The molecule has 0 aromatic carbocycles. The fourth-order valence-electron chi connectivity index (χ4n) is 7.62. The largest absolute Gasteiger partial charge is 0.481 e. The molecule has 0 amide bonds. The Labute approximate surface area is 150 Å². The van der Waals surface area contributed by atoms with Crippen LogP contribution in [0.3, 0.4) is 0 Å². The summed E-state index contributed by atoms with van der Waals surface area (Å²) in [6.45, 7) is 5.55. The molecule has 0 aromatic rings. The van der Waals surface area contributed by atoms with E-state index in [0.29, 0.717) is 24.8 Å². The first-order valence-electron chi connectivity index (χ1n) is 9.27. The van der Waals surface area contributed by atoms with Crippen LogP contribution in [0.25, 0.3) is 0 Å². The van der Waals surface area contributed by atoms with Gasteiger partial charge in [0.15, 0.2) is 0 Å². The summed E-state index contributed by atoms with van der Waals surface area (Å²) in [6.07, 6.45) is -0.686. The van der Waals surface area contributed by atoms with Crippen LogP contribution in [-0.4, -0.2) is 55.8 Å². The molecule has 26 heavy (non-hydrogen) atoms. The van der Waals surface area contributed by atoms with Gasteiger partial charge in [0.25, 0.3) is 0 Å². The van der Waals surface area contributed by atoms with Gasteiger partial charge >= 0.3 is 11.9 Å². The molecule has 0 radical (unpaired) electrons. The summed E-state index contributed by atoms with van der Waals surface area (Å²) in [5.41, 5.74) is -4.12. The third-order valence-corrected chi connectivity index (χ3v) is 8.66. The molecular weight excluding hydrogens is 340 g/mol. The van der Waals surface area contributed by atoms with E-state index in [4.69, 9.17) is 4.74 Å². The van der Waals surface area contributed by atoms with Gasteiger partial charge in [0.1, 0.15) is 11.2 Å². The minimum Gasteiger partial charge on any atom is -0.481 e. The lowest BCUT2D eigenvalue weighted by Gasteiger charge is -2.47. The molecule has 0 unspecified atom stereocenters. The second-order valence-corrected chi connectivity index (χ2v) is 9.39. The first-order valence-corrected chi connectivity index (χ1v) is 9.27. The monoisotopic (exact) mass is 364 g/mol. The van der Waals surface area contributed by atoms with Crippen LogP contribution in [0.5, 0.6) is 0 Å². The third-order valence-electron chi connectivity index (χ3n) is 8.66. The van der Waals surface area contributed by atoms with E-state index >= 15 is 0 Å². The molecule has 5 rings (SSSR count). The van der Waals surface area contributed by atoms with Crippen molar-refractivity contribution in [2.24, 2.45) is 28.6 Å². The van der Waals surface area contributed by atoms with Crippen molar-refractivity contribution in [2.45, 2.75) is 62.4 Å². The number of aliphatic hydroxyl groups excluding tert-OH is 2. The predicted molar refractivity (Wildman–Crippen MR) is 86.7 cm³/mol. The first kappa shape index (κ1) is 16.7. The maximum absolute atomic E-state index is 12.7. The van der Waals surface area contributed by atoms with Crippen molar-refractivity contribution in [2.75, 3.05) is 0 Å². The molecule has 5 aliphatic rings. The summed E-state index contributed by atoms with van der Waals surface area (Å²) >= 11 is 0. The smallest absolute Gasteiger partial charge is 0.315 e. The van der Waals surface area contributed by atoms with Crippen molar-refractivity contribution in [1.29, 1.82) is 0 Å². The molecular formula is C19H24O7. The van der Waals surface area contributed by atoms with Crippen LogP contribution in [-0.2, 0) is 14.3 Å². The van der Waals surface area contributed by atoms with Crippen LogP contribution in [0.15, 0.2) is 12.2 Å². The lowest BCUT2D eigenvalue weighted by atomic mass is 9.59. The van der Waals surface area contributed by atoms with Crippen molar-refractivity contribution in [1.82, 2.24) is 0 Å². The number of carboxylic acids is 1. The fourth-order valence-corrected chi connectivity index (χ4v) is 7.62. The van der Waals surface area contributed by atoms with E-state index in [0.717, 1.165) is 0 Å². The van der Waals surface area contributed by atoms with E-state index in [9.17, 15) is 30.0 Å². The minimum atomic E-state index is -1.49. The van der Waals surface area contributed by atoms with Gasteiger partial charge in [0, 0.05) is 11.8 Å². The molecule has 4 aliphatic carbocycles. The Morgan fingerprint density at radius 2 is 2.00 bits per heavy atom. The van der Waals surface area contributed by atoms with Crippen LogP contribution < -0.4 is 0 Å². The average molecular weight is 364 g/mol. The van der Waals surface area contributed by atoms with E-state index in [1.54, 1.807) is 6.92 Å². The summed E-state index contributed by atoms with van der Waals surface area (Å²) in [5.74, 6) is -3.55. The number of esters is 1. The number of carbonyl (C=O) groups is 2. The zero-order chi connectivity index (χ0) is 18.9. The van der Waals surface area contributed by atoms with E-state index in [1.807, 2.05) is 0 Å². The number of fused-ring (bicyclic) bond motifs is 1. The molecule has 9 atom stereocenters. The quantitative estimate of drug-likeness (QED) is 0.388. The van der Waals surface area contributed by atoms with Crippen molar-refractivity contribution in [3.05, 3.63) is 12.2 Å². The van der Waals surface area contributed by atoms with Crippen LogP contribution in [0.4, 0.5) is 0 Å². The minimum absolute atomic E-state index is 0.115. The Kier molecular flexibility index (Phi) is 2.79. The number of aliphatic hydroxyl groups is 3. The molecule has 7 nitrogen and oxygen atoms in total. The predicted octanol–water partition coefficient (Wildman–Crippen LogP) is 0.222. The van der Waals surface area contributed by atoms with E-state index < -0.39 is 58.0 Å². The topological polar surface area (TPSA) is 124 Å². The van der Waals surface area contributed by atoms with E-state index in [1.165, 1.54) is 0 Å². The van der Waals surface area contributed by atoms with Gasteiger partial charge in [-0.05, 0) is 50.0 Å². The summed E-state index contributed by atoms with van der Waals surface area (Å²) in [4.78, 5) is 25.2. The number of carboxylic acid groups (broad SMARTS) is 1. The third kappa shape index (κ3) is 1.40. The Bertz CT molecular complexity index is 763. The highest BCUT2D eigenvalue weighted by molar-refractivity contribution is 5.85. The molecule has 7 heteroatoms. The molecule has 1 saturated heterocycles. The molecule has 0 aromatic heterocycles. The molecule has 4 saturated carbocycles. The Morgan fingerprint density at radius 3 is 2.65 bits per heavy atom. The molecule has 5 fully saturated rings. The number of rotatable bonds is 1. The number of aliphatic carboxylic acids is 1. The second kappa shape index (κ2) is 4.34. The Morgan fingerprint density at radius 1 is 1.31 bits per heavy atom. The Hall–Kier alpha value is -1.44. The SMILES string of the molecule is C=C1C[C@]23C[C@@]1(O)[C@@H](O)C[C@H]2[C@@]12CC[C@H](O)[C@@](C)(C(=O)O1)[C@H]2[C@@H]3C(=O)O. The summed E-state index contributed by atoms with van der Waals surface area (Å²) in [7, 11) is 0. The molecule has 1 heterocycles. The van der Waals surface area contributed by atoms with Gasteiger partial charge in [-0.3, -0.25) is 9.59 Å². The molecule has 1 aliphatic heterocycles. The molecule has 4 N–H and O–H groups in total. The van der Waals surface area contributed by atoms with Crippen LogP contribution in [0.1, 0.15) is 39.0 Å². The summed E-state index contributed by atoms with van der Waals surface area (Å²) in [5, 5.41) is 42.4. The lowest BCUT2D eigenvalue weighted by molar-refractivity contribution is -0.172. The molecule has 1 spiro atoms. The number of ether oxygens (including phenoxy) is 1. The Balaban J connectivity index is 1.77. The average Bonchev–Trinajstić information content (AvgIpc) is 2.99. The zero-order valence-corrected chi connectivity index (χ0v) is 14.6. The van der Waals surface area contributed by atoms with Crippen molar-refractivity contribution in [3.8, 4) is 0 Å². The lowest BCUT2D eigenvalue weighted by Crippen LogP contribution is -2.54. The highest BCUT2D eigenvalue weighted by Gasteiger charge is 2.85. The zero-order valence-electron chi connectivity index (χ0n) is 14.6. The standard InChI is InChI=1S/C19H24O7/c1-8-6-17-7-18(8,25)11(21)5-9(17)19-4-3-10(20)16(2,15(24)26-19)13(19)12(17)14(22)23/h9-13,20-21,25H,1,3-7H2,2H3,(H,22,23)/t9-,10+,11+,12-,13-,16-,17+,18+,19-/m1/s1. The van der Waals surface area contributed by atoms with Gasteiger partial charge in [0.2, 0.25) is 0 Å². The highest BCUT2D eigenvalue weighted by Crippen LogP contribution is 2.78. The number of hydrogen-bond donors (Lipinski definition) is 4. The van der Waals surface area contributed by atoms with E-state index in [-0.39, 0.29) is 18.8 Å². The summed E-state index contributed by atoms with van der Waals surface area (Å²) < 4.78 is 5.90. The number of carbonyl (C=O) groups excluding carboxylic acids is 1. The van der Waals surface area contributed by atoms with Gasteiger partial charge in [-0.1, -0.05) is 6.58 Å². The normalized spacial score (nSPS) is 59.8. The van der Waals surface area contributed by atoms with Crippen molar-refractivity contribution < 1.29 is 34.8 Å². The summed E-state index contributed by atoms with van der Waals surface area (Å²) in [6, 6.07) is 0. The maximum Gasteiger partial charge on any atom is 0.315 e. The van der Waals surface area contributed by atoms with Crippen molar-refractivity contribution >= 4 is 11.9 Å².